The van der Waals surface area contributed by atoms with Crippen molar-refractivity contribution in [2.45, 2.75) is 39.0 Å². The van der Waals surface area contributed by atoms with Crippen LogP contribution < -0.4 is 10.4 Å². The molecule has 0 unspecified atom stereocenters. The van der Waals surface area contributed by atoms with Crippen LogP contribution in [0.4, 0.5) is 0 Å². The van der Waals surface area contributed by atoms with Crippen LogP contribution in [0.1, 0.15) is 50.2 Å². The van der Waals surface area contributed by atoms with Crippen molar-refractivity contribution in [1.29, 1.82) is 0 Å². The lowest BCUT2D eigenvalue weighted by Gasteiger charge is -2.06. The summed E-state index contributed by atoms with van der Waals surface area (Å²) in [6, 6.07) is 4.68. The van der Waals surface area contributed by atoms with Gasteiger partial charge in [0.15, 0.2) is 0 Å². The highest BCUT2D eigenvalue weighted by molar-refractivity contribution is 5.80. The van der Waals surface area contributed by atoms with E-state index in [1.54, 1.807) is 0 Å². The number of hydrogen-bond donors (Lipinski definition) is 0. The molecule has 1 aromatic rings. The Labute approximate surface area is 109 Å². The summed E-state index contributed by atoms with van der Waals surface area (Å²) in [6.07, 6.45) is 17.7. The summed E-state index contributed by atoms with van der Waals surface area (Å²) < 4.78 is 0. The van der Waals surface area contributed by atoms with Gasteiger partial charge in [-0.3, -0.25) is 0 Å². The Kier molecular flexibility index (Phi) is 3.19. The molecule has 0 spiro atoms. The van der Waals surface area contributed by atoms with Crippen molar-refractivity contribution < 1.29 is 0 Å². The molecule has 0 heterocycles. The Hall–Kier alpha value is -1.56. The molecule has 0 nitrogen and oxygen atoms in total. The Morgan fingerprint density at radius 3 is 2.72 bits per heavy atom. The van der Waals surface area contributed by atoms with Crippen LogP contribution in [-0.4, -0.2) is 0 Å². The summed E-state index contributed by atoms with van der Waals surface area (Å²) in [5.41, 5.74) is 4.36. The SMILES string of the molecule is CCCCCCC1=CC=c2cc3c(cc21)=CC=C3. The van der Waals surface area contributed by atoms with Gasteiger partial charge in [0.2, 0.25) is 0 Å². The van der Waals surface area contributed by atoms with E-state index < -0.39 is 0 Å². The molecular formula is C18H20. The second-order valence-electron chi connectivity index (χ2n) is 5.26. The average Bonchev–Trinajstić information content (AvgIpc) is 2.98. The molecule has 0 atom stereocenters. The maximum atomic E-state index is 2.36. The number of benzene rings is 1. The molecule has 0 aromatic heterocycles. The van der Waals surface area contributed by atoms with Gasteiger partial charge in [0.1, 0.15) is 0 Å². The maximum absolute atomic E-state index is 2.36. The van der Waals surface area contributed by atoms with Crippen molar-refractivity contribution in [2.75, 3.05) is 0 Å². The highest BCUT2D eigenvalue weighted by Crippen LogP contribution is 2.22. The van der Waals surface area contributed by atoms with Crippen LogP contribution >= 0.6 is 0 Å². The normalized spacial score (nSPS) is 14.8. The molecule has 18 heavy (non-hydrogen) atoms. The molecule has 92 valence electrons. The van der Waals surface area contributed by atoms with Gasteiger partial charge < -0.3 is 0 Å². The number of allylic oxidation sites excluding steroid dienone is 3. The standard InChI is InChI=1S/C18H20/c1-2-3-4-5-7-14-10-11-17-12-15-8-6-9-16(15)13-18(14)17/h6,8-13H,2-5,7H2,1H3. The van der Waals surface area contributed by atoms with Crippen LogP contribution in [0, 0.1) is 0 Å². The zero-order valence-corrected chi connectivity index (χ0v) is 11.1. The molecule has 2 aliphatic carbocycles. The van der Waals surface area contributed by atoms with E-state index in [9.17, 15) is 0 Å². The van der Waals surface area contributed by atoms with E-state index >= 15 is 0 Å². The lowest BCUT2D eigenvalue weighted by atomic mass is 9.99. The minimum atomic E-state index is 1.23. The van der Waals surface area contributed by atoms with E-state index in [1.165, 1.54) is 59.2 Å². The summed E-state index contributed by atoms with van der Waals surface area (Å²) >= 11 is 0. The maximum Gasteiger partial charge on any atom is -0.0146 e. The minimum Gasteiger partial charge on any atom is -0.0654 e. The summed E-state index contributed by atoms with van der Waals surface area (Å²) in [4.78, 5) is 0. The predicted octanol–water partition coefficient (Wildman–Crippen LogP) is 3.64. The van der Waals surface area contributed by atoms with Crippen LogP contribution in [0.5, 0.6) is 0 Å². The summed E-state index contributed by atoms with van der Waals surface area (Å²) in [5, 5.41) is 2.78. The first kappa shape index (κ1) is 11.5. The van der Waals surface area contributed by atoms with Gasteiger partial charge in [-0.15, -0.1) is 0 Å². The largest absolute Gasteiger partial charge is 0.0654 e. The summed E-state index contributed by atoms with van der Waals surface area (Å²) in [7, 11) is 0. The van der Waals surface area contributed by atoms with Gasteiger partial charge in [-0.25, -0.2) is 0 Å². The van der Waals surface area contributed by atoms with Crippen LogP contribution in [0.3, 0.4) is 0 Å². The fourth-order valence-corrected chi connectivity index (χ4v) is 2.85. The van der Waals surface area contributed by atoms with E-state index in [-0.39, 0.29) is 0 Å². The predicted molar refractivity (Wildman–Crippen MR) is 80.4 cm³/mol. The third-order valence-electron chi connectivity index (χ3n) is 3.92. The Morgan fingerprint density at radius 2 is 1.83 bits per heavy atom. The Bertz CT molecular complexity index is 627. The molecule has 1 aromatic carbocycles. The molecule has 3 rings (SSSR count). The van der Waals surface area contributed by atoms with E-state index in [0.717, 1.165) is 0 Å². The van der Waals surface area contributed by atoms with Gasteiger partial charge in [0.05, 0.1) is 0 Å². The monoisotopic (exact) mass is 236 g/mol. The molecule has 0 heteroatoms. The molecular weight excluding hydrogens is 216 g/mol. The average molecular weight is 236 g/mol. The second kappa shape index (κ2) is 4.97. The number of unbranched alkanes of at least 4 members (excludes halogenated alkanes) is 3. The van der Waals surface area contributed by atoms with Crippen LogP contribution in [-0.2, 0) is 0 Å². The summed E-state index contributed by atoms with van der Waals surface area (Å²) in [5.74, 6) is 0. The van der Waals surface area contributed by atoms with Gasteiger partial charge in [0.25, 0.3) is 0 Å². The Morgan fingerprint density at radius 1 is 0.889 bits per heavy atom. The van der Waals surface area contributed by atoms with Crippen LogP contribution in [0.25, 0.3) is 23.8 Å². The van der Waals surface area contributed by atoms with Crippen LogP contribution in [0.2, 0.25) is 0 Å². The van der Waals surface area contributed by atoms with Crippen molar-refractivity contribution in [3.05, 3.63) is 45.8 Å². The smallest absolute Gasteiger partial charge is 0.0146 e. The molecule has 0 aliphatic heterocycles. The van der Waals surface area contributed by atoms with Gasteiger partial charge in [-0.1, -0.05) is 56.6 Å². The molecule has 2 aliphatic rings. The first-order chi connectivity index (χ1) is 8.88. The van der Waals surface area contributed by atoms with Gasteiger partial charge >= 0.3 is 0 Å². The number of fused-ring (bicyclic) bond motifs is 2. The first-order valence-electron chi connectivity index (χ1n) is 7.12. The van der Waals surface area contributed by atoms with E-state index in [1.807, 2.05) is 0 Å². The summed E-state index contributed by atoms with van der Waals surface area (Å²) in [6.45, 7) is 2.27. The van der Waals surface area contributed by atoms with Crippen molar-refractivity contribution in [3.63, 3.8) is 0 Å². The van der Waals surface area contributed by atoms with Crippen molar-refractivity contribution in [1.82, 2.24) is 0 Å². The quantitative estimate of drug-likeness (QED) is 0.685. The van der Waals surface area contributed by atoms with Crippen molar-refractivity contribution >= 4 is 23.8 Å². The molecule has 0 fully saturated rings. The van der Waals surface area contributed by atoms with Crippen molar-refractivity contribution in [3.8, 4) is 0 Å². The topological polar surface area (TPSA) is 0 Å². The minimum absolute atomic E-state index is 1.23. The molecule has 0 saturated heterocycles. The molecule has 0 saturated carbocycles. The van der Waals surface area contributed by atoms with Gasteiger partial charge in [-0.2, -0.15) is 0 Å². The lowest BCUT2D eigenvalue weighted by Crippen LogP contribution is -2.14. The number of hydrogen-bond acceptors (Lipinski definition) is 0. The fraction of sp³-hybridized carbons (Fsp3) is 0.333. The second-order valence-corrected chi connectivity index (χ2v) is 5.26. The molecule has 0 radical (unpaired) electrons. The number of rotatable bonds is 5. The van der Waals surface area contributed by atoms with Gasteiger partial charge in [0, 0.05) is 0 Å². The van der Waals surface area contributed by atoms with Crippen LogP contribution in [0.15, 0.2) is 24.3 Å². The molecule has 0 amide bonds. The van der Waals surface area contributed by atoms with E-state index in [0.29, 0.717) is 0 Å². The highest BCUT2D eigenvalue weighted by atomic mass is 14.1. The first-order valence-corrected chi connectivity index (χ1v) is 7.12. The highest BCUT2D eigenvalue weighted by Gasteiger charge is 2.10. The lowest BCUT2D eigenvalue weighted by molar-refractivity contribution is 0.679. The van der Waals surface area contributed by atoms with Gasteiger partial charge in [-0.05, 0) is 52.1 Å². The zero-order chi connectivity index (χ0) is 12.4. The van der Waals surface area contributed by atoms with Crippen molar-refractivity contribution in [2.24, 2.45) is 0 Å². The third kappa shape index (κ3) is 2.08. The Balaban J connectivity index is 1.78. The molecule has 0 bridgehead atoms. The third-order valence-corrected chi connectivity index (χ3v) is 3.92. The van der Waals surface area contributed by atoms with E-state index in [4.69, 9.17) is 0 Å². The molecule has 0 N–H and O–H groups in total. The zero-order valence-electron chi connectivity index (χ0n) is 11.1. The van der Waals surface area contributed by atoms with E-state index in [2.05, 4.69) is 49.4 Å². The fourth-order valence-electron chi connectivity index (χ4n) is 2.85.